The van der Waals surface area contributed by atoms with Crippen LogP contribution in [0.3, 0.4) is 0 Å². The zero-order chi connectivity index (χ0) is 13.0. The molecule has 97 valence electrons. The van der Waals surface area contributed by atoms with Crippen molar-refractivity contribution in [3.8, 4) is 0 Å². The van der Waals surface area contributed by atoms with Crippen molar-refractivity contribution >= 4 is 10.2 Å². The van der Waals surface area contributed by atoms with E-state index in [9.17, 15) is 5.11 Å². The smallest absolute Gasteiger partial charge is 0.0676 e. The number of nitrogens with one attached hydrogen (secondary N) is 1. The van der Waals surface area contributed by atoms with Gasteiger partial charge < -0.3 is 10.4 Å². The first-order valence-corrected chi connectivity index (χ1v) is 7.11. The number of aliphatic hydroxyl groups excluding tert-OH is 1. The van der Waals surface area contributed by atoms with Gasteiger partial charge in [-0.15, -0.1) is 0 Å². The van der Waals surface area contributed by atoms with Gasteiger partial charge in [0.2, 0.25) is 0 Å². The van der Waals surface area contributed by atoms with Crippen LogP contribution in [-0.4, -0.2) is 53.0 Å². The molecule has 0 fully saturated rings. The highest BCUT2D eigenvalue weighted by atomic mass is 28.1. The lowest BCUT2D eigenvalue weighted by molar-refractivity contribution is 0.0997. The molecule has 1 heterocycles. The molecule has 18 heavy (non-hydrogen) atoms. The molecule has 1 unspecified atom stereocenters. The Morgan fingerprint density at radius 3 is 2.83 bits per heavy atom. The predicted molar refractivity (Wildman–Crippen MR) is 74.9 cm³/mol. The van der Waals surface area contributed by atoms with Crippen molar-refractivity contribution in [3.05, 3.63) is 35.4 Å². The van der Waals surface area contributed by atoms with Crippen molar-refractivity contribution < 1.29 is 5.11 Å². The Kier molecular flexibility index (Phi) is 4.94. The number of hydrogen-bond donors (Lipinski definition) is 2. The van der Waals surface area contributed by atoms with E-state index in [0.29, 0.717) is 0 Å². The zero-order valence-electron chi connectivity index (χ0n) is 10.9. The average molecular weight is 261 g/mol. The Morgan fingerprint density at radius 2 is 2.11 bits per heavy atom. The fraction of sp³-hybridized carbons (Fsp3) is 0.571. The van der Waals surface area contributed by atoms with Crippen LogP contribution in [0.5, 0.6) is 0 Å². The van der Waals surface area contributed by atoms with E-state index in [1.165, 1.54) is 11.1 Å². The van der Waals surface area contributed by atoms with Crippen LogP contribution in [0, 0.1) is 0 Å². The Labute approximate surface area is 113 Å². The summed E-state index contributed by atoms with van der Waals surface area (Å²) in [4.78, 5) is 2.33. The Hall–Kier alpha value is -0.683. The molecule has 1 aliphatic rings. The summed E-state index contributed by atoms with van der Waals surface area (Å²) in [7, 11) is 5.48. The highest BCUT2D eigenvalue weighted by molar-refractivity contribution is 6.12. The van der Waals surface area contributed by atoms with E-state index < -0.39 is 0 Å². The van der Waals surface area contributed by atoms with Gasteiger partial charge in [-0.2, -0.15) is 0 Å². The molecule has 1 aromatic carbocycles. The first-order chi connectivity index (χ1) is 8.70. The SMILES string of the molecule is CNCC([Si])[C@H](O)CN1CCc2ccccc2C1. The molecule has 0 aromatic heterocycles. The third-order valence-corrected chi connectivity index (χ3v) is 4.13. The summed E-state index contributed by atoms with van der Waals surface area (Å²) >= 11 is 0. The molecule has 3 nitrogen and oxygen atoms in total. The molecule has 0 bridgehead atoms. The van der Waals surface area contributed by atoms with E-state index >= 15 is 0 Å². The minimum Gasteiger partial charge on any atom is -0.392 e. The molecule has 1 aliphatic heterocycles. The lowest BCUT2D eigenvalue weighted by Gasteiger charge is -2.32. The Bertz CT molecular complexity index is 386. The van der Waals surface area contributed by atoms with Crippen molar-refractivity contribution in [1.29, 1.82) is 0 Å². The monoisotopic (exact) mass is 261 g/mol. The van der Waals surface area contributed by atoms with E-state index in [4.69, 9.17) is 0 Å². The number of benzene rings is 1. The van der Waals surface area contributed by atoms with Crippen LogP contribution in [0.15, 0.2) is 24.3 Å². The normalized spacial score (nSPS) is 19.3. The fourth-order valence-electron chi connectivity index (χ4n) is 2.46. The molecule has 0 spiro atoms. The maximum Gasteiger partial charge on any atom is 0.0676 e. The summed E-state index contributed by atoms with van der Waals surface area (Å²) < 4.78 is 0. The lowest BCUT2D eigenvalue weighted by atomic mass is 9.99. The van der Waals surface area contributed by atoms with Crippen LogP contribution < -0.4 is 5.32 Å². The maximum absolute atomic E-state index is 10.1. The van der Waals surface area contributed by atoms with E-state index in [0.717, 1.165) is 32.6 Å². The van der Waals surface area contributed by atoms with Crippen molar-refractivity contribution in [1.82, 2.24) is 10.2 Å². The topological polar surface area (TPSA) is 35.5 Å². The minimum absolute atomic E-state index is 0.104. The summed E-state index contributed by atoms with van der Waals surface area (Å²) in [5, 5.41) is 13.2. The van der Waals surface area contributed by atoms with Gasteiger partial charge in [-0.05, 0) is 36.7 Å². The number of rotatable bonds is 5. The van der Waals surface area contributed by atoms with Crippen LogP contribution in [0.1, 0.15) is 11.1 Å². The van der Waals surface area contributed by atoms with Crippen LogP contribution >= 0.6 is 0 Å². The van der Waals surface area contributed by atoms with Crippen molar-refractivity contribution in [2.24, 2.45) is 0 Å². The quantitative estimate of drug-likeness (QED) is 0.761. The first kappa shape index (κ1) is 13.7. The minimum atomic E-state index is -0.334. The van der Waals surface area contributed by atoms with E-state index in [1.807, 2.05) is 7.05 Å². The number of β-amino-alcohol motifs (C(OH)–C–C–N with tert-alkyl or cyclic N) is 1. The van der Waals surface area contributed by atoms with Gasteiger partial charge in [-0.3, -0.25) is 4.90 Å². The van der Waals surface area contributed by atoms with Gasteiger partial charge in [0.05, 0.1) is 6.10 Å². The van der Waals surface area contributed by atoms with Gasteiger partial charge >= 0.3 is 0 Å². The van der Waals surface area contributed by atoms with Crippen molar-refractivity contribution in [2.45, 2.75) is 24.6 Å². The standard InChI is InChI=1S/C14H21N2OSi/c1-15-8-14(18)13(17)10-16-7-6-11-4-2-3-5-12(11)9-16/h2-5,13-15,17H,6-10H2,1H3/t13-,14?/m1/s1. The summed E-state index contributed by atoms with van der Waals surface area (Å²) in [6.07, 6.45) is 0.751. The van der Waals surface area contributed by atoms with E-state index in [2.05, 4.69) is 44.7 Å². The van der Waals surface area contributed by atoms with Gasteiger partial charge in [0, 0.05) is 29.9 Å². The largest absolute Gasteiger partial charge is 0.392 e. The van der Waals surface area contributed by atoms with Crippen LogP contribution in [0.25, 0.3) is 0 Å². The third kappa shape index (κ3) is 3.42. The van der Waals surface area contributed by atoms with Crippen LogP contribution in [0.2, 0.25) is 5.54 Å². The van der Waals surface area contributed by atoms with Gasteiger partial charge in [0.1, 0.15) is 0 Å². The molecular formula is C14H21N2OSi. The summed E-state index contributed by atoms with van der Waals surface area (Å²) in [5.74, 6) is 0. The number of aliphatic hydroxyl groups is 1. The second-order valence-corrected chi connectivity index (χ2v) is 5.73. The van der Waals surface area contributed by atoms with Gasteiger partial charge in [-0.1, -0.05) is 24.3 Å². The maximum atomic E-state index is 10.1. The lowest BCUT2D eigenvalue weighted by Crippen LogP contribution is -2.39. The molecule has 4 heteroatoms. The molecule has 0 saturated heterocycles. The highest BCUT2D eigenvalue weighted by Crippen LogP contribution is 2.19. The fourth-order valence-corrected chi connectivity index (χ4v) is 2.77. The molecule has 0 aliphatic carbocycles. The van der Waals surface area contributed by atoms with Gasteiger partial charge in [-0.25, -0.2) is 0 Å². The first-order valence-electron chi connectivity index (χ1n) is 6.53. The van der Waals surface area contributed by atoms with Crippen molar-refractivity contribution in [2.75, 3.05) is 26.7 Å². The second-order valence-electron chi connectivity index (χ2n) is 4.99. The van der Waals surface area contributed by atoms with E-state index in [-0.39, 0.29) is 11.6 Å². The molecule has 2 rings (SSSR count). The molecule has 0 amide bonds. The van der Waals surface area contributed by atoms with E-state index in [1.54, 1.807) is 0 Å². The van der Waals surface area contributed by atoms with Crippen LogP contribution in [0.4, 0.5) is 0 Å². The average Bonchev–Trinajstić information content (AvgIpc) is 2.39. The molecule has 2 atom stereocenters. The van der Waals surface area contributed by atoms with Gasteiger partial charge in [0.15, 0.2) is 0 Å². The Balaban J connectivity index is 1.89. The second kappa shape index (κ2) is 6.47. The van der Waals surface area contributed by atoms with Gasteiger partial charge in [0.25, 0.3) is 0 Å². The Morgan fingerprint density at radius 1 is 1.39 bits per heavy atom. The summed E-state index contributed by atoms with van der Waals surface area (Å²) in [6.45, 7) is 3.49. The molecule has 1 aromatic rings. The van der Waals surface area contributed by atoms with Crippen LogP contribution in [-0.2, 0) is 13.0 Å². The summed E-state index contributed by atoms with van der Waals surface area (Å²) in [6, 6.07) is 8.58. The number of nitrogens with zero attached hydrogens (tertiary/aromatic N) is 1. The van der Waals surface area contributed by atoms with Crippen molar-refractivity contribution in [3.63, 3.8) is 0 Å². The predicted octanol–water partition coefficient (Wildman–Crippen LogP) is 0.582. The molecular weight excluding hydrogens is 240 g/mol. The third-order valence-electron chi connectivity index (χ3n) is 3.54. The highest BCUT2D eigenvalue weighted by Gasteiger charge is 2.21. The zero-order valence-corrected chi connectivity index (χ0v) is 11.9. The number of hydrogen-bond acceptors (Lipinski definition) is 3. The molecule has 0 saturated carbocycles. The molecule has 3 radical (unpaired) electrons. The summed E-state index contributed by atoms with van der Waals surface area (Å²) in [5.41, 5.74) is 2.95. The number of fused-ring (bicyclic) bond motifs is 1. The molecule has 2 N–H and O–H groups in total.